The van der Waals surface area contributed by atoms with Crippen LogP contribution in [0.25, 0.3) is 0 Å². The minimum atomic E-state index is -0.302. The maximum absolute atomic E-state index is 13.0. The Morgan fingerprint density at radius 3 is 2.09 bits per heavy atom. The number of aromatic nitrogens is 3. The number of para-hydroxylation sites is 2. The Bertz CT molecular complexity index is 707. The van der Waals surface area contributed by atoms with E-state index in [1.54, 1.807) is 4.90 Å². The summed E-state index contributed by atoms with van der Waals surface area (Å²) >= 11 is 1.36. The van der Waals surface area contributed by atoms with Crippen molar-refractivity contribution in [2.24, 2.45) is 0 Å². The van der Waals surface area contributed by atoms with Gasteiger partial charge in [-0.3, -0.25) is 14.8 Å². The maximum Gasteiger partial charge on any atom is 0.244 e. The summed E-state index contributed by atoms with van der Waals surface area (Å²) in [7, 11) is 0. The molecule has 23 heavy (non-hydrogen) atoms. The van der Waals surface area contributed by atoms with Crippen LogP contribution in [0.1, 0.15) is 6.92 Å². The number of carbonyl (C=O) groups excluding carboxylic acids is 1. The van der Waals surface area contributed by atoms with Crippen molar-refractivity contribution in [3.05, 3.63) is 67.0 Å². The van der Waals surface area contributed by atoms with E-state index in [0.717, 1.165) is 11.4 Å². The smallest absolute Gasteiger partial charge is 0.244 e. The summed E-state index contributed by atoms with van der Waals surface area (Å²) in [4.78, 5) is 18.8. The topological polar surface area (TPSA) is 61.9 Å². The molecule has 0 aliphatic rings. The lowest BCUT2D eigenvalue weighted by molar-refractivity contribution is -0.117. The molecule has 6 heteroatoms. The van der Waals surface area contributed by atoms with Crippen LogP contribution in [0.4, 0.5) is 11.4 Å². The minimum Gasteiger partial charge on any atom is -0.280 e. The van der Waals surface area contributed by atoms with Crippen LogP contribution < -0.4 is 4.90 Å². The number of nitrogens with one attached hydrogen (secondary N) is 1. The third-order valence-electron chi connectivity index (χ3n) is 3.28. The molecule has 0 saturated heterocycles. The lowest BCUT2D eigenvalue weighted by atomic mass is 10.2. The number of thioether (sulfide) groups is 1. The van der Waals surface area contributed by atoms with Crippen molar-refractivity contribution in [3.8, 4) is 0 Å². The average Bonchev–Trinajstić information content (AvgIpc) is 3.10. The molecule has 3 aromatic rings. The van der Waals surface area contributed by atoms with Gasteiger partial charge < -0.3 is 0 Å². The number of aromatic amines is 1. The molecule has 0 aliphatic carbocycles. The zero-order valence-corrected chi connectivity index (χ0v) is 13.4. The van der Waals surface area contributed by atoms with Gasteiger partial charge in [-0.05, 0) is 31.2 Å². The van der Waals surface area contributed by atoms with Gasteiger partial charge in [-0.2, -0.15) is 5.10 Å². The number of amides is 1. The summed E-state index contributed by atoms with van der Waals surface area (Å²) in [5, 5.41) is 6.92. The van der Waals surface area contributed by atoms with E-state index in [9.17, 15) is 4.79 Å². The molecular formula is C17H16N4OS. The zero-order chi connectivity index (χ0) is 16.1. The molecule has 1 aromatic heterocycles. The van der Waals surface area contributed by atoms with Crippen LogP contribution in [-0.2, 0) is 4.79 Å². The second-order valence-electron chi connectivity index (χ2n) is 4.90. The maximum atomic E-state index is 13.0. The highest BCUT2D eigenvalue weighted by atomic mass is 32.2. The molecule has 3 rings (SSSR count). The predicted molar refractivity (Wildman–Crippen MR) is 91.7 cm³/mol. The molecule has 5 nitrogen and oxygen atoms in total. The largest absolute Gasteiger partial charge is 0.280 e. The number of benzene rings is 2. The van der Waals surface area contributed by atoms with E-state index in [0.29, 0.717) is 5.16 Å². The van der Waals surface area contributed by atoms with E-state index in [1.165, 1.54) is 18.1 Å². The third kappa shape index (κ3) is 3.60. The molecule has 0 saturated carbocycles. The lowest BCUT2D eigenvalue weighted by Crippen LogP contribution is -2.32. The first-order valence-electron chi connectivity index (χ1n) is 7.22. The number of anilines is 2. The fourth-order valence-corrected chi connectivity index (χ4v) is 2.96. The first-order valence-corrected chi connectivity index (χ1v) is 8.10. The Labute approximate surface area is 138 Å². The van der Waals surface area contributed by atoms with Gasteiger partial charge in [0.1, 0.15) is 6.33 Å². The number of nitrogens with zero attached hydrogens (tertiary/aromatic N) is 3. The highest BCUT2D eigenvalue weighted by Crippen LogP contribution is 2.29. The van der Waals surface area contributed by atoms with Crippen LogP contribution in [0.15, 0.2) is 72.1 Å². The quantitative estimate of drug-likeness (QED) is 0.728. The Hall–Kier alpha value is -2.60. The van der Waals surface area contributed by atoms with Gasteiger partial charge in [-0.15, -0.1) is 0 Å². The summed E-state index contributed by atoms with van der Waals surface area (Å²) < 4.78 is 0. The Kier molecular flexibility index (Phi) is 4.73. The summed E-state index contributed by atoms with van der Waals surface area (Å²) in [6, 6.07) is 19.3. The molecule has 0 bridgehead atoms. The van der Waals surface area contributed by atoms with E-state index in [2.05, 4.69) is 15.2 Å². The Balaban J connectivity index is 1.90. The SMILES string of the molecule is C[C@H](Sc1ncn[nH]1)C(=O)N(c1ccccc1)c1ccccc1. The molecule has 0 radical (unpaired) electrons. The van der Waals surface area contributed by atoms with E-state index in [1.807, 2.05) is 67.6 Å². The first-order chi connectivity index (χ1) is 11.3. The molecule has 116 valence electrons. The lowest BCUT2D eigenvalue weighted by Gasteiger charge is -2.25. The van der Waals surface area contributed by atoms with Crippen molar-refractivity contribution in [3.63, 3.8) is 0 Å². The van der Waals surface area contributed by atoms with Crippen molar-refractivity contribution in [2.45, 2.75) is 17.3 Å². The van der Waals surface area contributed by atoms with Crippen molar-refractivity contribution in [1.29, 1.82) is 0 Å². The predicted octanol–water partition coefficient (Wildman–Crippen LogP) is 3.65. The van der Waals surface area contributed by atoms with Crippen LogP contribution in [0.3, 0.4) is 0 Å². The number of hydrogen-bond acceptors (Lipinski definition) is 4. The van der Waals surface area contributed by atoms with Crippen LogP contribution in [0.2, 0.25) is 0 Å². The average molecular weight is 324 g/mol. The molecule has 0 unspecified atom stereocenters. The highest BCUT2D eigenvalue weighted by molar-refractivity contribution is 8.00. The summed E-state index contributed by atoms with van der Waals surface area (Å²) in [5.41, 5.74) is 1.68. The van der Waals surface area contributed by atoms with Gasteiger partial charge in [-0.1, -0.05) is 48.2 Å². The van der Waals surface area contributed by atoms with Crippen molar-refractivity contribution >= 4 is 29.0 Å². The first kappa shape index (κ1) is 15.3. The van der Waals surface area contributed by atoms with Gasteiger partial charge in [0.15, 0.2) is 5.16 Å². The molecule has 0 fully saturated rings. The van der Waals surface area contributed by atoms with Gasteiger partial charge >= 0.3 is 0 Å². The van der Waals surface area contributed by atoms with Gasteiger partial charge in [0.25, 0.3) is 0 Å². The molecule has 1 atom stereocenters. The van der Waals surface area contributed by atoms with E-state index < -0.39 is 0 Å². The van der Waals surface area contributed by atoms with Crippen molar-refractivity contribution < 1.29 is 4.79 Å². The zero-order valence-electron chi connectivity index (χ0n) is 12.6. The number of rotatable bonds is 5. The standard InChI is InChI=1S/C17H16N4OS/c1-13(23-17-18-12-19-20-17)16(22)21(14-8-4-2-5-9-14)15-10-6-3-7-11-15/h2-13H,1H3,(H,18,19,20)/t13-/m0/s1. The normalized spacial score (nSPS) is 11.9. The van der Waals surface area contributed by atoms with Gasteiger partial charge in [0, 0.05) is 11.4 Å². The van der Waals surface area contributed by atoms with Crippen LogP contribution in [-0.4, -0.2) is 26.3 Å². The summed E-state index contributed by atoms with van der Waals surface area (Å²) in [5.74, 6) is -0.0104. The number of carbonyl (C=O) groups is 1. The van der Waals surface area contributed by atoms with Gasteiger partial charge in [0.05, 0.1) is 5.25 Å². The Morgan fingerprint density at radius 1 is 1.04 bits per heavy atom. The minimum absolute atomic E-state index is 0.0104. The third-order valence-corrected chi connectivity index (χ3v) is 4.25. The van der Waals surface area contributed by atoms with Crippen LogP contribution >= 0.6 is 11.8 Å². The molecule has 0 spiro atoms. The molecule has 1 amide bonds. The monoisotopic (exact) mass is 324 g/mol. The van der Waals surface area contributed by atoms with E-state index in [-0.39, 0.29) is 11.2 Å². The fourth-order valence-electron chi connectivity index (χ4n) is 2.21. The van der Waals surface area contributed by atoms with E-state index in [4.69, 9.17) is 0 Å². The second kappa shape index (κ2) is 7.11. The van der Waals surface area contributed by atoms with E-state index >= 15 is 0 Å². The summed E-state index contributed by atoms with van der Waals surface area (Å²) in [6.07, 6.45) is 1.44. The van der Waals surface area contributed by atoms with Crippen molar-refractivity contribution in [2.75, 3.05) is 4.90 Å². The number of hydrogen-bond donors (Lipinski definition) is 1. The molecular weight excluding hydrogens is 308 g/mol. The Morgan fingerprint density at radius 2 is 1.61 bits per heavy atom. The second-order valence-corrected chi connectivity index (χ2v) is 6.22. The van der Waals surface area contributed by atoms with Crippen molar-refractivity contribution in [1.82, 2.24) is 15.2 Å². The number of H-pyrrole nitrogens is 1. The molecule has 0 aliphatic heterocycles. The van der Waals surface area contributed by atoms with Gasteiger partial charge in [-0.25, -0.2) is 4.98 Å². The molecule has 1 heterocycles. The molecule has 2 aromatic carbocycles. The highest BCUT2D eigenvalue weighted by Gasteiger charge is 2.25. The van der Waals surface area contributed by atoms with Crippen LogP contribution in [0.5, 0.6) is 0 Å². The molecule has 1 N–H and O–H groups in total. The summed E-state index contributed by atoms with van der Waals surface area (Å²) in [6.45, 7) is 1.87. The van der Waals surface area contributed by atoms with Crippen LogP contribution in [0, 0.1) is 0 Å². The fraction of sp³-hybridized carbons (Fsp3) is 0.118. The van der Waals surface area contributed by atoms with Gasteiger partial charge in [0.2, 0.25) is 5.91 Å².